The molecule has 2 rings (SSSR count). The number of carboxylic acid groups (broad SMARTS) is 1. The smallest absolute Gasteiger partial charge is 0.346 e. The monoisotopic (exact) mass is 287 g/mol. The Hall–Kier alpha value is -1.21. The third kappa shape index (κ3) is 1.68. The lowest BCUT2D eigenvalue weighted by Crippen LogP contribution is -1.99. The highest BCUT2D eigenvalue weighted by atomic mass is 79.9. The molecule has 2 aromatic rings. The van der Waals surface area contributed by atoms with Gasteiger partial charge in [-0.3, -0.25) is 0 Å². The van der Waals surface area contributed by atoms with E-state index >= 15 is 0 Å². The van der Waals surface area contributed by atoms with Gasteiger partial charge in [0, 0.05) is 12.6 Å². The van der Waals surface area contributed by atoms with Crippen LogP contribution in [0.1, 0.15) is 9.67 Å². The number of hydrogen-bond donors (Lipinski definition) is 1. The zero-order chi connectivity index (χ0) is 11.0. The first-order valence-corrected chi connectivity index (χ1v) is 5.65. The Balaban J connectivity index is 2.64. The third-order valence-electron chi connectivity index (χ3n) is 1.90. The van der Waals surface area contributed by atoms with Crippen LogP contribution in [0.25, 0.3) is 11.3 Å². The second kappa shape index (κ2) is 3.74. The molecule has 2 heterocycles. The van der Waals surface area contributed by atoms with Gasteiger partial charge in [0.05, 0.1) is 0 Å². The number of thiophene rings is 1. The topological polar surface area (TPSA) is 68.0 Å². The average molecular weight is 288 g/mol. The van der Waals surface area contributed by atoms with Crippen LogP contribution in [-0.2, 0) is 7.05 Å². The molecule has 5 nitrogen and oxygen atoms in total. The Labute approximate surface area is 97.5 Å². The Bertz CT molecular complexity index is 500. The number of hydrogen-bond acceptors (Lipinski definition) is 4. The zero-order valence-electron chi connectivity index (χ0n) is 7.64. The summed E-state index contributed by atoms with van der Waals surface area (Å²) < 4.78 is 2.09. The Morgan fingerprint density at radius 3 is 2.93 bits per heavy atom. The molecule has 0 aromatic carbocycles. The quantitative estimate of drug-likeness (QED) is 0.917. The van der Waals surface area contributed by atoms with Gasteiger partial charge in [0.1, 0.15) is 10.6 Å². The Morgan fingerprint density at radius 2 is 2.40 bits per heavy atom. The van der Waals surface area contributed by atoms with Crippen LogP contribution in [0, 0.1) is 0 Å². The molecule has 15 heavy (non-hydrogen) atoms. The lowest BCUT2D eigenvalue weighted by Gasteiger charge is -2.00. The van der Waals surface area contributed by atoms with E-state index in [1.807, 2.05) is 0 Å². The highest BCUT2D eigenvalue weighted by molar-refractivity contribution is 9.10. The minimum absolute atomic E-state index is 0.293. The van der Waals surface area contributed by atoms with E-state index in [-0.39, 0.29) is 0 Å². The summed E-state index contributed by atoms with van der Waals surface area (Å²) >= 11 is 4.42. The first kappa shape index (κ1) is 10.3. The van der Waals surface area contributed by atoms with Crippen molar-refractivity contribution in [2.24, 2.45) is 7.05 Å². The molecule has 0 saturated carbocycles. The van der Waals surface area contributed by atoms with Gasteiger partial charge in [-0.25, -0.2) is 9.48 Å². The fraction of sp³-hybridized carbons (Fsp3) is 0.125. The minimum Gasteiger partial charge on any atom is -0.477 e. The third-order valence-corrected chi connectivity index (χ3v) is 3.34. The van der Waals surface area contributed by atoms with Gasteiger partial charge < -0.3 is 5.11 Å². The van der Waals surface area contributed by atoms with Gasteiger partial charge in [-0.05, 0) is 27.4 Å². The van der Waals surface area contributed by atoms with Crippen LogP contribution < -0.4 is 0 Å². The van der Waals surface area contributed by atoms with Gasteiger partial charge in [-0.15, -0.1) is 16.4 Å². The van der Waals surface area contributed by atoms with Gasteiger partial charge in [-0.2, -0.15) is 0 Å². The second-order valence-electron chi connectivity index (χ2n) is 2.82. The van der Waals surface area contributed by atoms with E-state index in [0.29, 0.717) is 20.7 Å². The molecule has 0 bridgehead atoms. The number of rotatable bonds is 2. The van der Waals surface area contributed by atoms with Gasteiger partial charge in [0.2, 0.25) is 0 Å². The summed E-state index contributed by atoms with van der Waals surface area (Å²) in [5.41, 5.74) is 1.31. The van der Waals surface area contributed by atoms with Crippen LogP contribution >= 0.6 is 27.3 Å². The number of aryl methyl sites for hydroxylation is 1. The van der Waals surface area contributed by atoms with Crippen LogP contribution in [0.4, 0.5) is 0 Å². The molecular weight excluding hydrogens is 282 g/mol. The fourth-order valence-electron chi connectivity index (χ4n) is 1.28. The van der Waals surface area contributed by atoms with Gasteiger partial charge in [0.15, 0.2) is 4.60 Å². The van der Waals surface area contributed by atoms with Crippen molar-refractivity contribution in [1.29, 1.82) is 0 Å². The summed E-state index contributed by atoms with van der Waals surface area (Å²) in [5.74, 6) is -0.937. The molecular formula is C8H6BrN3O2S. The predicted molar refractivity (Wildman–Crippen MR) is 59.0 cm³/mol. The molecule has 2 aromatic heterocycles. The SMILES string of the molecule is Cn1nnc(Br)c1-c1ccsc1C(=O)O. The number of halogens is 1. The summed E-state index contributed by atoms with van der Waals surface area (Å²) in [4.78, 5) is 11.2. The van der Waals surface area contributed by atoms with E-state index in [0.717, 1.165) is 0 Å². The molecule has 78 valence electrons. The van der Waals surface area contributed by atoms with E-state index in [4.69, 9.17) is 5.11 Å². The molecule has 0 atom stereocenters. The molecule has 0 aliphatic heterocycles. The largest absolute Gasteiger partial charge is 0.477 e. The van der Waals surface area contributed by atoms with Crippen LogP contribution in [0.15, 0.2) is 16.0 Å². The van der Waals surface area contributed by atoms with Crippen LogP contribution in [-0.4, -0.2) is 26.1 Å². The number of aromatic carboxylic acids is 1. The molecule has 1 N–H and O–H groups in total. The Kier molecular flexibility index (Phi) is 2.57. The fourth-order valence-corrected chi connectivity index (χ4v) is 2.55. The van der Waals surface area contributed by atoms with Crippen molar-refractivity contribution >= 4 is 33.2 Å². The average Bonchev–Trinajstić information content (AvgIpc) is 2.73. The Morgan fingerprint density at radius 1 is 1.67 bits per heavy atom. The van der Waals surface area contributed by atoms with Crippen molar-refractivity contribution in [2.75, 3.05) is 0 Å². The standard InChI is InChI=1S/C8H6BrN3O2S/c1-12-5(7(9)10-11-12)4-2-3-15-6(4)8(13)14/h2-3H,1H3,(H,13,14). The maximum Gasteiger partial charge on any atom is 0.346 e. The van der Waals surface area contributed by atoms with E-state index in [1.165, 1.54) is 11.3 Å². The van der Waals surface area contributed by atoms with Crippen molar-refractivity contribution in [1.82, 2.24) is 15.0 Å². The number of carboxylic acids is 1. The van der Waals surface area contributed by atoms with Crippen LogP contribution in [0.3, 0.4) is 0 Å². The molecule has 0 aliphatic carbocycles. The first-order valence-electron chi connectivity index (χ1n) is 3.97. The van der Waals surface area contributed by atoms with E-state index in [1.54, 1.807) is 23.2 Å². The molecule has 0 spiro atoms. The molecule has 7 heteroatoms. The molecule has 0 radical (unpaired) electrons. The van der Waals surface area contributed by atoms with Crippen molar-refractivity contribution in [2.45, 2.75) is 0 Å². The molecule has 0 saturated heterocycles. The number of carbonyl (C=O) groups is 1. The van der Waals surface area contributed by atoms with Crippen molar-refractivity contribution in [3.63, 3.8) is 0 Å². The molecule has 0 unspecified atom stereocenters. The minimum atomic E-state index is -0.937. The summed E-state index contributed by atoms with van der Waals surface area (Å²) in [7, 11) is 1.72. The van der Waals surface area contributed by atoms with Crippen LogP contribution in [0.5, 0.6) is 0 Å². The summed E-state index contributed by atoms with van der Waals surface area (Å²) in [5, 5.41) is 18.3. The summed E-state index contributed by atoms with van der Waals surface area (Å²) in [6.07, 6.45) is 0. The zero-order valence-corrected chi connectivity index (χ0v) is 10.0. The summed E-state index contributed by atoms with van der Waals surface area (Å²) in [6.45, 7) is 0. The van der Waals surface area contributed by atoms with Crippen molar-refractivity contribution in [3.05, 3.63) is 20.9 Å². The first-order chi connectivity index (χ1) is 7.11. The predicted octanol–water partition coefficient (Wildman–Crippen LogP) is 2.00. The van der Waals surface area contributed by atoms with E-state index in [9.17, 15) is 4.79 Å². The highest BCUT2D eigenvalue weighted by Gasteiger charge is 2.19. The van der Waals surface area contributed by atoms with E-state index in [2.05, 4.69) is 26.2 Å². The molecule has 0 fully saturated rings. The molecule has 0 aliphatic rings. The number of nitrogens with zero attached hydrogens (tertiary/aromatic N) is 3. The van der Waals surface area contributed by atoms with Gasteiger partial charge in [-0.1, -0.05) is 5.21 Å². The van der Waals surface area contributed by atoms with E-state index < -0.39 is 5.97 Å². The second-order valence-corrected chi connectivity index (χ2v) is 4.49. The summed E-state index contributed by atoms with van der Waals surface area (Å²) in [6, 6.07) is 1.75. The lowest BCUT2D eigenvalue weighted by atomic mass is 10.2. The van der Waals surface area contributed by atoms with Crippen molar-refractivity contribution in [3.8, 4) is 11.3 Å². The maximum absolute atomic E-state index is 10.9. The number of aromatic nitrogens is 3. The van der Waals surface area contributed by atoms with Crippen molar-refractivity contribution < 1.29 is 9.90 Å². The van der Waals surface area contributed by atoms with Crippen LogP contribution in [0.2, 0.25) is 0 Å². The lowest BCUT2D eigenvalue weighted by molar-refractivity contribution is 0.0703. The normalized spacial score (nSPS) is 10.5. The highest BCUT2D eigenvalue weighted by Crippen LogP contribution is 2.31. The maximum atomic E-state index is 10.9. The molecule has 0 amide bonds. The van der Waals surface area contributed by atoms with Gasteiger partial charge >= 0.3 is 5.97 Å². The van der Waals surface area contributed by atoms with Gasteiger partial charge in [0.25, 0.3) is 0 Å².